The van der Waals surface area contributed by atoms with Gasteiger partial charge in [0.2, 0.25) is 5.95 Å². The Morgan fingerprint density at radius 2 is 1.94 bits per heavy atom. The molecule has 1 aliphatic heterocycles. The molecular weight excluding hydrogens is 465 g/mol. The monoisotopic (exact) mass is 498 g/mol. The highest BCUT2D eigenvalue weighted by atomic mass is 31.2. The Morgan fingerprint density at radius 3 is 2.69 bits per heavy atom. The maximum absolute atomic E-state index is 12.9. The lowest BCUT2D eigenvalue weighted by Crippen LogP contribution is -2.26. The van der Waals surface area contributed by atoms with Crippen molar-refractivity contribution in [3.05, 3.63) is 53.2 Å². The van der Waals surface area contributed by atoms with E-state index in [4.69, 9.17) is 8.85 Å². The molecule has 0 spiro atoms. The van der Waals surface area contributed by atoms with Crippen LogP contribution in [0.2, 0.25) is 0 Å². The van der Waals surface area contributed by atoms with Gasteiger partial charge in [0, 0.05) is 29.5 Å². The standard InChI is InChI=1S/C24H30N7O3P/c1-25-23(32)21-22(26-17-8-6-7-9-20(17)35(4,5)33)28-24(30-29-21)27-18-12-16-14-31(2)11-10-15(16)13-19(18)34-3/h6-9,12-13H,10-11,14H2,1-5H3,(H,25,32)(H2,26,27,28,30)/i1D3. The van der Waals surface area contributed by atoms with Crippen LogP contribution in [0.5, 0.6) is 5.75 Å². The quantitative estimate of drug-likeness (QED) is 0.422. The number of nitrogens with one attached hydrogen (secondary N) is 3. The molecule has 0 radical (unpaired) electrons. The highest BCUT2D eigenvalue weighted by Crippen LogP contribution is 2.38. The van der Waals surface area contributed by atoms with E-state index in [-0.39, 0.29) is 17.5 Å². The molecule has 11 heteroatoms. The number of rotatable bonds is 7. The Bertz CT molecular complexity index is 1410. The highest BCUT2D eigenvalue weighted by Gasteiger charge is 2.22. The second-order valence-electron chi connectivity index (χ2n) is 8.71. The van der Waals surface area contributed by atoms with Crippen LogP contribution >= 0.6 is 7.14 Å². The van der Waals surface area contributed by atoms with E-state index < -0.39 is 20.0 Å². The number of hydrogen-bond acceptors (Lipinski definition) is 9. The summed E-state index contributed by atoms with van der Waals surface area (Å²) in [7, 11) is 0.912. The molecule has 3 aromatic rings. The smallest absolute Gasteiger partial charge is 0.275 e. The van der Waals surface area contributed by atoms with E-state index in [1.807, 2.05) is 17.4 Å². The Balaban J connectivity index is 1.75. The number of amides is 1. The van der Waals surface area contributed by atoms with Gasteiger partial charge in [0.25, 0.3) is 5.91 Å². The Hall–Kier alpha value is -3.49. The number of carbonyl (C=O) groups is 1. The maximum atomic E-state index is 12.9. The lowest BCUT2D eigenvalue weighted by molar-refractivity contribution is 0.0957. The summed E-state index contributed by atoms with van der Waals surface area (Å²) >= 11 is 0. The fourth-order valence-corrected chi connectivity index (χ4v) is 5.13. The summed E-state index contributed by atoms with van der Waals surface area (Å²) in [6, 6.07) is 10.9. The zero-order valence-corrected chi connectivity index (χ0v) is 20.9. The molecule has 0 saturated carbocycles. The van der Waals surface area contributed by atoms with Gasteiger partial charge in [-0.3, -0.25) is 4.79 Å². The summed E-state index contributed by atoms with van der Waals surface area (Å²) in [4.78, 5) is 19.4. The van der Waals surface area contributed by atoms with Gasteiger partial charge in [0.1, 0.15) is 12.9 Å². The van der Waals surface area contributed by atoms with Gasteiger partial charge in [-0.2, -0.15) is 4.98 Å². The number of fused-ring (bicyclic) bond motifs is 1. The SMILES string of the molecule is [2H]C([2H])([2H])NC(=O)c1nnc(Nc2cc3c(cc2OC)CCN(C)C3)nc1Nc1ccccc1P(C)(C)=O. The summed E-state index contributed by atoms with van der Waals surface area (Å²) in [6.45, 7) is 2.24. The number of aromatic nitrogens is 3. The van der Waals surface area contributed by atoms with E-state index in [0.717, 1.165) is 25.1 Å². The van der Waals surface area contributed by atoms with Crippen LogP contribution in [0.1, 0.15) is 25.7 Å². The normalized spacial score (nSPS) is 15.3. The van der Waals surface area contributed by atoms with Crippen molar-refractivity contribution in [2.24, 2.45) is 0 Å². The molecule has 0 bridgehead atoms. The summed E-state index contributed by atoms with van der Waals surface area (Å²) in [5.41, 5.74) is 3.06. The van der Waals surface area contributed by atoms with Crippen molar-refractivity contribution in [1.29, 1.82) is 0 Å². The van der Waals surface area contributed by atoms with Crippen molar-refractivity contribution in [2.75, 3.05) is 51.6 Å². The Morgan fingerprint density at radius 1 is 1.14 bits per heavy atom. The van der Waals surface area contributed by atoms with Crippen LogP contribution in [0.3, 0.4) is 0 Å². The van der Waals surface area contributed by atoms with Crippen LogP contribution in [-0.2, 0) is 17.5 Å². The number of para-hydroxylation sites is 1. The molecule has 1 aromatic heterocycles. The Labute approximate surface area is 209 Å². The first-order chi connectivity index (χ1) is 17.8. The minimum atomic E-state index is -2.74. The number of ether oxygens (including phenoxy) is 1. The van der Waals surface area contributed by atoms with Crippen LogP contribution in [0.4, 0.5) is 23.1 Å². The second kappa shape index (κ2) is 10.0. The van der Waals surface area contributed by atoms with E-state index in [1.165, 1.54) is 5.56 Å². The molecule has 0 fully saturated rings. The van der Waals surface area contributed by atoms with Crippen molar-refractivity contribution >= 4 is 41.5 Å². The number of likely N-dealkylation sites (N-methyl/N-ethyl adjacent to an activating group) is 1. The predicted molar refractivity (Wildman–Crippen MR) is 138 cm³/mol. The van der Waals surface area contributed by atoms with Crippen LogP contribution in [0, 0.1) is 0 Å². The first-order valence-electron chi connectivity index (χ1n) is 12.5. The number of anilines is 4. The zero-order valence-electron chi connectivity index (χ0n) is 23.0. The van der Waals surface area contributed by atoms with E-state index in [9.17, 15) is 9.36 Å². The van der Waals surface area contributed by atoms with Gasteiger partial charge in [-0.05, 0) is 62.2 Å². The average molecular weight is 499 g/mol. The number of methoxy groups -OCH3 is 1. The van der Waals surface area contributed by atoms with Crippen LogP contribution in [0.15, 0.2) is 36.4 Å². The highest BCUT2D eigenvalue weighted by molar-refractivity contribution is 7.70. The van der Waals surface area contributed by atoms with E-state index in [2.05, 4.69) is 37.8 Å². The number of benzene rings is 2. The first kappa shape index (κ1) is 20.8. The number of nitrogens with zero attached hydrogens (tertiary/aromatic N) is 4. The van der Waals surface area contributed by atoms with Gasteiger partial charge in [-0.25, -0.2) is 0 Å². The van der Waals surface area contributed by atoms with Crippen LogP contribution in [-0.4, -0.2) is 67.0 Å². The fraction of sp³-hybridized carbons (Fsp3) is 0.333. The molecule has 184 valence electrons. The molecule has 0 atom stereocenters. The van der Waals surface area contributed by atoms with Gasteiger partial charge in [-0.1, -0.05) is 12.1 Å². The summed E-state index contributed by atoms with van der Waals surface area (Å²) in [6.07, 6.45) is 0.903. The molecule has 0 aliphatic carbocycles. The predicted octanol–water partition coefficient (Wildman–Crippen LogP) is 2.96. The summed E-state index contributed by atoms with van der Waals surface area (Å²) in [5.74, 6) is -0.392. The lowest BCUT2D eigenvalue weighted by Gasteiger charge is -2.26. The van der Waals surface area contributed by atoms with E-state index >= 15 is 0 Å². The summed E-state index contributed by atoms with van der Waals surface area (Å²) in [5, 5.41) is 16.6. The molecule has 10 nitrogen and oxygen atoms in total. The lowest BCUT2D eigenvalue weighted by atomic mass is 9.99. The van der Waals surface area contributed by atoms with Crippen LogP contribution < -0.4 is 26.0 Å². The minimum Gasteiger partial charge on any atom is -0.495 e. The van der Waals surface area contributed by atoms with Crippen molar-refractivity contribution in [1.82, 2.24) is 25.4 Å². The van der Waals surface area contributed by atoms with E-state index in [0.29, 0.717) is 22.4 Å². The molecule has 2 aromatic carbocycles. The molecule has 0 saturated heterocycles. The molecule has 0 unspecified atom stereocenters. The molecule has 1 aliphatic rings. The van der Waals surface area contributed by atoms with Crippen molar-refractivity contribution in [3.8, 4) is 5.75 Å². The molecule has 3 N–H and O–H groups in total. The number of carbonyl (C=O) groups excluding carboxylic acids is 1. The second-order valence-corrected chi connectivity index (χ2v) is 11.9. The third-order valence-electron chi connectivity index (χ3n) is 5.72. The van der Waals surface area contributed by atoms with Gasteiger partial charge in [0.15, 0.2) is 11.5 Å². The third-order valence-corrected chi connectivity index (χ3v) is 7.27. The molecule has 1 amide bonds. The summed E-state index contributed by atoms with van der Waals surface area (Å²) < 4.78 is 40.6. The minimum absolute atomic E-state index is 0.0500. The van der Waals surface area contributed by atoms with Crippen molar-refractivity contribution < 1.29 is 18.2 Å². The largest absolute Gasteiger partial charge is 0.495 e. The number of hydrogen-bond donors (Lipinski definition) is 3. The molecule has 2 heterocycles. The molecule has 35 heavy (non-hydrogen) atoms. The zero-order chi connectivity index (χ0) is 27.7. The van der Waals surface area contributed by atoms with Gasteiger partial charge >= 0.3 is 0 Å². The van der Waals surface area contributed by atoms with Gasteiger partial charge < -0.3 is 30.2 Å². The first-order valence-corrected chi connectivity index (χ1v) is 13.6. The molecule has 4 rings (SSSR count). The third kappa shape index (κ3) is 5.44. The fourth-order valence-electron chi connectivity index (χ4n) is 3.97. The van der Waals surface area contributed by atoms with E-state index in [1.54, 1.807) is 44.7 Å². The van der Waals surface area contributed by atoms with Crippen LogP contribution in [0.25, 0.3) is 0 Å². The Kier molecular flexibility index (Phi) is 5.96. The maximum Gasteiger partial charge on any atom is 0.275 e. The molecular formula is C24H30N7O3P. The average Bonchev–Trinajstić information content (AvgIpc) is 2.82. The topological polar surface area (TPSA) is 121 Å². The van der Waals surface area contributed by atoms with Crippen molar-refractivity contribution in [2.45, 2.75) is 13.0 Å². The van der Waals surface area contributed by atoms with Gasteiger partial charge in [-0.15, -0.1) is 10.2 Å². The van der Waals surface area contributed by atoms with Crippen molar-refractivity contribution in [3.63, 3.8) is 0 Å². The van der Waals surface area contributed by atoms with Gasteiger partial charge in [0.05, 0.1) is 18.5 Å².